The van der Waals surface area contributed by atoms with Crippen LogP contribution in [-0.4, -0.2) is 34.1 Å². The number of carbonyl (C=O) groups is 1. The van der Waals surface area contributed by atoms with Gasteiger partial charge in [0.25, 0.3) is 15.0 Å². The van der Waals surface area contributed by atoms with Gasteiger partial charge in [-0.3, -0.25) is 4.79 Å². The quantitative estimate of drug-likeness (QED) is 0.808. The first-order chi connectivity index (χ1) is 9.70. The zero-order valence-electron chi connectivity index (χ0n) is 11.9. The summed E-state index contributed by atoms with van der Waals surface area (Å²) >= 11 is 0. The van der Waals surface area contributed by atoms with E-state index in [9.17, 15) is 17.6 Å². The van der Waals surface area contributed by atoms with E-state index in [2.05, 4.69) is 5.32 Å². The zero-order chi connectivity index (χ0) is 16.2. The van der Waals surface area contributed by atoms with Gasteiger partial charge in [0.1, 0.15) is 5.82 Å². The molecule has 0 saturated carbocycles. The first-order valence-electron chi connectivity index (χ1n) is 6.25. The topological polar surface area (TPSA) is 72.5 Å². The van der Waals surface area contributed by atoms with Crippen LogP contribution >= 0.6 is 10.7 Å². The minimum atomic E-state index is -4.04. The second kappa shape index (κ2) is 7.20. The Labute approximate surface area is 127 Å². The zero-order valence-corrected chi connectivity index (χ0v) is 13.5. The predicted molar refractivity (Wildman–Crippen MR) is 77.6 cm³/mol. The van der Waals surface area contributed by atoms with E-state index in [-0.39, 0.29) is 28.7 Å². The molecule has 1 rings (SSSR count). The lowest BCUT2D eigenvalue weighted by molar-refractivity contribution is 0.0890. The fourth-order valence-electron chi connectivity index (χ4n) is 1.77. The van der Waals surface area contributed by atoms with Gasteiger partial charge in [-0.05, 0) is 31.0 Å². The maximum atomic E-state index is 14.0. The third-order valence-corrected chi connectivity index (χ3v) is 4.28. The van der Waals surface area contributed by atoms with E-state index < -0.39 is 20.8 Å². The Morgan fingerprint density at radius 2 is 2.10 bits per heavy atom. The SMILES string of the molecule is CCC(COC)NC(=O)c1cc(S(=O)(=O)Cl)cc(C)c1F. The molecule has 0 aliphatic heterocycles. The van der Waals surface area contributed by atoms with E-state index in [1.165, 1.54) is 14.0 Å². The molecule has 0 aliphatic carbocycles. The minimum absolute atomic E-state index is 0.0293. The van der Waals surface area contributed by atoms with Gasteiger partial charge in [0.15, 0.2) is 0 Å². The van der Waals surface area contributed by atoms with Crippen molar-refractivity contribution in [2.45, 2.75) is 31.2 Å². The summed E-state index contributed by atoms with van der Waals surface area (Å²) < 4.78 is 41.7. The molecule has 1 aromatic rings. The molecule has 0 aromatic heterocycles. The largest absolute Gasteiger partial charge is 0.383 e. The van der Waals surface area contributed by atoms with Crippen LogP contribution in [0, 0.1) is 12.7 Å². The van der Waals surface area contributed by atoms with Crippen molar-refractivity contribution in [3.8, 4) is 0 Å². The van der Waals surface area contributed by atoms with Gasteiger partial charge in [-0.25, -0.2) is 12.8 Å². The smallest absolute Gasteiger partial charge is 0.261 e. The molecule has 0 radical (unpaired) electrons. The van der Waals surface area contributed by atoms with Crippen LogP contribution in [0.2, 0.25) is 0 Å². The van der Waals surface area contributed by atoms with Crippen LogP contribution in [0.5, 0.6) is 0 Å². The lowest BCUT2D eigenvalue weighted by Gasteiger charge is -2.16. The fourth-order valence-corrected chi connectivity index (χ4v) is 2.61. The van der Waals surface area contributed by atoms with Crippen molar-refractivity contribution >= 4 is 25.6 Å². The van der Waals surface area contributed by atoms with Gasteiger partial charge in [0, 0.05) is 17.8 Å². The molecule has 118 valence electrons. The Morgan fingerprint density at radius 3 is 2.57 bits per heavy atom. The van der Waals surface area contributed by atoms with Crippen molar-refractivity contribution < 1.29 is 22.3 Å². The number of hydrogen-bond donors (Lipinski definition) is 1. The average molecular weight is 338 g/mol. The molecule has 21 heavy (non-hydrogen) atoms. The third-order valence-electron chi connectivity index (χ3n) is 2.95. The molecule has 1 unspecified atom stereocenters. The molecule has 0 heterocycles. The molecule has 1 amide bonds. The standard InChI is InChI=1S/C13H17ClFNO4S/c1-4-9(7-20-3)16-13(17)11-6-10(21(14,18)19)5-8(2)12(11)15/h5-6,9H,4,7H2,1-3H3,(H,16,17). The second-order valence-corrected chi connectivity index (χ2v) is 7.14. The molecule has 0 saturated heterocycles. The number of ether oxygens (including phenoxy) is 1. The molecule has 1 N–H and O–H groups in total. The molecule has 0 fully saturated rings. The summed E-state index contributed by atoms with van der Waals surface area (Å²) in [4.78, 5) is 11.8. The predicted octanol–water partition coefficient (Wildman–Crippen LogP) is 2.22. The van der Waals surface area contributed by atoms with E-state index in [0.717, 1.165) is 12.1 Å². The Morgan fingerprint density at radius 1 is 1.48 bits per heavy atom. The number of rotatable bonds is 6. The normalized spacial score (nSPS) is 13.0. The van der Waals surface area contributed by atoms with E-state index >= 15 is 0 Å². The van der Waals surface area contributed by atoms with Crippen LogP contribution in [0.4, 0.5) is 4.39 Å². The number of benzene rings is 1. The van der Waals surface area contributed by atoms with Gasteiger partial charge < -0.3 is 10.1 Å². The summed E-state index contributed by atoms with van der Waals surface area (Å²) in [6.45, 7) is 3.48. The highest BCUT2D eigenvalue weighted by atomic mass is 35.7. The number of methoxy groups -OCH3 is 1. The van der Waals surface area contributed by atoms with Crippen LogP contribution < -0.4 is 5.32 Å². The van der Waals surface area contributed by atoms with Crippen LogP contribution in [0.1, 0.15) is 29.3 Å². The van der Waals surface area contributed by atoms with Crippen molar-refractivity contribution in [3.05, 3.63) is 29.1 Å². The van der Waals surface area contributed by atoms with E-state index in [0.29, 0.717) is 6.42 Å². The molecular formula is C13H17ClFNO4S. The number of amides is 1. The molecular weight excluding hydrogens is 321 g/mol. The lowest BCUT2D eigenvalue weighted by atomic mass is 10.1. The van der Waals surface area contributed by atoms with E-state index in [1.807, 2.05) is 6.92 Å². The van der Waals surface area contributed by atoms with Gasteiger partial charge >= 0.3 is 0 Å². The van der Waals surface area contributed by atoms with Gasteiger partial charge in [-0.1, -0.05) is 6.92 Å². The van der Waals surface area contributed by atoms with Crippen molar-refractivity contribution in [2.75, 3.05) is 13.7 Å². The van der Waals surface area contributed by atoms with Crippen LogP contribution in [0.15, 0.2) is 17.0 Å². The van der Waals surface area contributed by atoms with Gasteiger partial charge in [0.2, 0.25) is 0 Å². The van der Waals surface area contributed by atoms with Crippen molar-refractivity contribution in [1.82, 2.24) is 5.32 Å². The second-order valence-electron chi connectivity index (χ2n) is 4.57. The number of carbonyl (C=O) groups excluding carboxylic acids is 1. The highest BCUT2D eigenvalue weighted by Gasteiger charge is 2.21. The Bertz CT molecular complexity index is 633. The van der Waals surface area contributed by atoms with E-state index in [4.69, 9.17) is 15.4 Å². The van der Waals surface area contributed by atoms with Crippen molar-refractivity contribution in [1.29, 1.82) is 0 Å². The summed E-state index contributed by atoms with van der Waals surface area (Å²) in [5.41, 5.74) is -0.328. The monoisotopic (exact) mass is 337 g/mol. The maximum Gasteiger partial charge on any atom is 0.261 e. The molecule has 1 aromatic carbocycles. The molecule has 8 heteroatoms. The Kier molecular flexibility index (Phi) is 6.12. The van der Waals surface area contributed by atoms with Crippen molar-refractivity contribution in [3.63, 3.8) is 0 Å². The summed E-state index contributed by atoms with van der Waals surface area (Å²) in [6.07, 6.45) is 0.591. The fraction of sp³-hybridized carbons (Fsp3) is 0.462. The average Bonchev–Trinajstić information content (AvgIpc) is 2.39. The van der Waals surface area contributed by atoms with Crippen LogP contribution in [-0.2, 0) is 13.8 Å². The summed E-state index contributed by atoms with van der Waals surface area (Å²) in [7, 11) is 2.69. The molecule has 5 nitrogen and oxygen atoms in total. The van der Waals surface area contributed by atoms with E-state index in [1.54, 1.807) is 0 Å². The first-order valence-corrected chi connectivity index (χ1v) is 8.56. The highest BCUT2D eigenvalue weighted by molar-refractivity contribution is 8.13. The third kappa shape index (κ3) is 4.66. The number of aryl methyl sites for hydroxylation is 1. The van der Waals surface area contributed by atoms with Crippen molar-refractivity contribution in [2.24, 2.45) is 0 Å². The number of nitrogens with one attached hydrogen (secondary N) is 1. The Hall–Kier alpha value is -1.18. The molecule has 0 aliphatic rings. The Balaban J connectivity index is 3.17. The summed E-state index contributed by atoms with van der Waals surface area (Å²) in [5.74, 6) is -1.48. The molecule has 0 bridgehead atoms. The minimum Gasteiger partial charge on any atom is -0.383 e. The van der Waals surface area contributed by atoms with Gasteiger partial charge in [-0.15, -0.1) is 0 Å². The maximum absolute atomic E-state index is 14.0. The van der Waals surface area contributed by atoms with Gasteiger partial charge in [-0.2, -0.15) is 0 Å². The number of halogens is 2. The number of hydrogen-bond acceptors (Lipinski definition) is 4. The first kappa shape index (κ1) is 17.9. The molecule has 0 spiro atoms. The van der Waals surface area contributed by atoms with Crippen LogP contribution in [0.25, 0.3) is 0 Å². The molecule has 1 atom stereocenters. The lowest BCUT2D eigenvalue weighted by Crippen LogP contribution is -2.38. The highest BCUT2D eigenvalue weighted by Crippen LogP contribution is 2.22. The van der Waals surface area contributed by atoms with Crippen LogP contribution in [0.3, 0.4) is 0 Å². The summed E-state index contributed by atoms with van der Waals surface area (Å²) in [5, 5.41) is 2.59. The summed E-state index contributed by atoms with van der Waals surface area (Å²) in [6, 6.07) is 1.72. The van der Waals surface area contributed by atoms with Gasteiger partial charge in [0.05, 0.1) is 23.1 Å².